The highest BCUT2D eigenvalue weighted by molar-refractivity contribution is 6.04. The molecule has 1 saturated heterocycles. The Hall–Kier alpha value is -4.00. The third-order valence-electron chi connectivity index (χ3n) is 8.32. The number of benzene rings is 3. The predicted octanol–water partition coefficient (Wildman–Crippen LogP) is 5.49. The molecule has 2 N–H and O–H groups in total. The molecule has 1 aromatic heterocycles. The number of phenolic OH excluding ortho intramolecular Hbond substituents is 1. The first kappa shape index (κ1) is 28.1. The molecular weight excluding hydrogens is 538 g/mol. The van der Waals surface area contributed by atoms with Gasteiger partial charge >= 0.3 is 6.01 Å². The van der Waals surface area contributed by atoms with E-state index in [9.17, 15) is 10.2 Å². The van der Waals surface area contributed by atoms with Gasteiger partial charge in [-0.05, 0) is 76.4 Å². The molecule has 7 nitrogen and oxygen atoms in total. The minimum absolute atomic E-state index is 0.00529. The number of hydrogen-bond donors (Lipinski definition) is 2. The van der Waals surface area contributed by atoms with Gasteiger partial charge < -0.3 is 24.7 Å². The summed E-state index contributed by atoms with van der Waals surface area (Å²) in [6.07, 6.45) is 9.06. The monoisotopic (exact) mass is 572 g/mol. The van der Waals surface area contributed by atoms with E-state index in [1.807, 2.05) is 19.0 Å². The first-order chi connectivity index (χ1) is 20.0. The van der Waals surface area contributed by atoms with Crippen LogP contribution >= 0.6 is 0 Å². The van der Waals surface area contributed by atoms with Gasteiger partial charge in [-0.1, -0.05) is 18.1 Å². The van der Waals surface area contributed by atoms with Crippen LogP contribution in [0, 0.1) is 29.4 Å². The minimum Gasteiger partial charge on any atom is -0.508 e. The van der Waals surface area contributed by atoms with Crippen molar-refractivity contribution >= 4 is 27.5 Å². The van der Waals surface area contributed by atoms with Crippen LogP contribution in [-0.2, 0) is 0 Å². The number of rotatable bonds is 7. The number of nitrogens with zero attached hydrogens (tertiary/aromatic N) is 4. The van der Waals surface area contributed by atoms with E-state index in [0.29, 0.717) is 48.1 Å². The number of terminal acetylenes is 1. The number of hydrogen-bond acceptors (Lipinski definition) is 7. The molecule has 9 heteroatoms. The lowest BCUT2D eigenvalue weighted by molar-refractivity contribution is 0.0447. The molecule has 1 aliphatic heterocycles. The normalized spacial score (nSPS) is 19.8. The Morgan fingerprint density at radius 1 is 1.14 bits per heavy atom. The maximum absolute atomic E-state index is 16.7. The third kappa shape index (κ3) is 5.21. The number of halogens is 2. The molecule has 0 amide bonds. The van der Waals surface area contributed by atoms with Gasteiger partial charge in [0, 0.05) is 46.9 Å². The molecule has 218 valence electrons. The van der Waals surface area contributed by atoms with Crippen LogP contribution in [0.1, 0.15) is 38.2 Å². The molecular formula is C33H34F2N4O3. The molecule has 2 aliphatic rings. The molecule has 4 aromatic rings. The van der Waals surface area contributed by atoms with E-state index in [1.54, 1.807) is 25.1 Å². The van der Waals surface area contributed by atoms with Crippen molar-refractivity contribution in [3.05, 3.63) is 53.6 Å². The fraction of sp³-hybridized carbons (Fsp3) is 0.394. The van der Waals surface area contributed by atoms with Gasteiger partial charge in [-0.3, -0.25) is 0 Å². The van der Waals surface area contributed by atoms with Gasteiger partial charge in [0.1, 0.15) is 22.9 Å². The Balaban J connectivity index is 1.55. The first-order valence-electron chi connectivity index (χ1n) is 14.2. The average Bonchev–Trinajstić information content (AvgIpc) is 3.69. The van der Waals surface area contributed by atoms with Crippen molar-refractivity contribution < 1.29 is 23.7 Å². The number of anilines is 1. The van der Waals surface area contributed by atoms with E-state index in [1.165, 1.54) is 18.2 Å². The molecule has 1 saturated carbocycles. The van der Waals surface area contributed by atoms with Gasteiger partial charge in [0.2, 0.25) is 0 Å². The molecule has 0 radical (unpaired) electrons. The van der Waals surface area contributed by atoms with Crippen LogP contribution in [-0.4, -0.2) is 71.0 Å². The number of aromatic hydroxyl groups is 1. The molecule has 2 fully saturated rings. The van der Waals surface area contributed by atoms with Crippen LogP contribution in [0.25, 0.3) is 32.8 Å². The Bertz CT molecular complexity index is 1740. The first-order valence-corrected chi connectivity index (χ1v) is 14.2. The quantitative estimate of drug-likeness (QED) is 0.284. The highest BCUT2D eigenvalue weighted by Gasteiger charge is 2.44. The lowest BCUT2D eigenvalue weighted by Crippen LogP contribution is -2.46. The summed E-state index contributed by atoms with van der Waals surface area (Å²) in [5.41, 5.74) is -0.886. The van der Waals surface area contributed by atoms with Crippen molar-refractivity contribution in [3.63, 3.8) is 0 Å². The van der Waals surface area contributed by atoms with E-state index in [2.05, 4.69) is 20.8 Å². The van der Waals surface area contributed by atoms with Crippen molar-refractivity contribution in [1.29, 1.82) is 0 Å². The largest absolute Gasteiger partial charge is 0.508 e. The molecule has 2 heterocycles. The summed E-state index contributed by atoms with van der Waals surface area (Å²) < 4.78 is 38.8. The second-order valence-electron chi connectivity index (χ2n) is 12.4. The summed E-state index contributed by atoms with van der Waals surface area (Å²) >= 11 is 0. The zero-order valence-corrected chi connectivity index (χ0v) is 24.0. The number of phenols is 1. The van der Waals surface area contributed by atoms with E-state index < -0.39 is 17.2 Å². The maximum Gasteiger partial charge on any atom is 0.319 e. The standard InChI is InChI=1S/C33H34F2N4O3/c1-5-20-8-6-9-21-14-22(40)15-23(26(20)21)27-25(34)16-24-29(28(27)35)36-31(42-19-33(11-12-33)18-38(3)4)37-30(24)39-13-7-10-32(2,41)17-39/h1,6,8-9,14-16,40-41H,7,10-13,17-19H2,2-4H3/t32-/m1/s1. The smallest absolute Gasteiger partial charge is 0.319 e. The Labute approximate surface area is 243 Å². The van der Waals surface area contributed by atoms with Crippen molar-refractivity contribution in [2.75, 3.05) is 45.2 Å². The van der Waals surface area contributed by atoms with E-state index >= 15 is 8.78 Å². The van der Waals surface area contributed by atoms with Crippen molar-refractivity contribution in [2.45, 2.75) is 38.2 Å². The molecule has 42 heavy (non-hydrogen) atoms. The fourth-order valence-electron chi connectivity index (χ4n) is 6.26. The summed E-state index contributed by atoms with van der Waals surface area (Å²) in [4.78, 5) is 13.1. The number of β-amino-alcohol motifs (C(OH)–C–C–N with tert-alkyl or cyclic N) is 1. The fourth-order valence-corrected chi connectivity index (χ4v) is 6.26. The molecule has 0 spiro atoms. The van der Waals surface area contributed by atoms with Crippen molar-refractivity contribution in [2.24, 2.45) is 5.41 Å². The van der Waals surface area contributed by atoms with Gasteiger partial charge in [-0.2, -0.15) is 9.97 Å². The van der Waals surface area contributed by atoms with Crippen LogP contribution in [0.15, 0.2) is 36.4 Å². The lowest BCUT2D eigenvalue weighted by atomic mass is 9.92. The number of piperidine rings is 1. The minimum atomic E-state index is -0.983. The summed E-state index contributed by atoms with van der Waals surface area (Å²) in [7, 11) is 4.02. The van der Waals surface area contributed by atoms with E-state index in [0.717, 1.165) is 19.4 Å². The highest BCUT2D eigenvalue weighted by Crippen LogP contribution is 2.46. The number of aliphatic hydroxyl groups is 1. The van der Waals surface area contributed by atoms with Gasteiger partial charge in [-0.15, -0.1) is 6.42 Å². The molecule has 6 rings (SSSR count). The van der Waals surface area contributed by atoms with Crippen LogP contribution < -0.4 is 9.64 Å². The van der Waals surface area contributed by atoms with Crippen LogP contribution in [0.3, 0.4) is 0 Å². The third-order valence-corrected chi connectivity index (χ3v) is 8.32. The summed E-state index contributed by atoms with van der Waals surface area (Å²) in [5.74, 6) is 0.996. The van der Waals surface area contributed by atoms with Crippen molar-refractivity contribution in [1.82, 2.24) is 14.9 Å². The highest BCUT2D eigenvalue weighted by atomic mass is 19.1. The SMILES string of the molecule is C#Cc1cccc2cc(O)cc(-c3c(F)cc4c(N5CCC[C@@](C)(O)C5)nc(OCC5(CN(C)C)CC5)nc4c3F)c12. The van der Waals surface area contributed by atoms with Gasteiger partial charge in [0.25, 0.3) is 0 Å². The summed E-state index contributed by atoms with van der Waals surface area (Å²) in [5, 5.41) is 22.5. The summed E-state index contributed by atoms with van der Waals surface area (Å²) in [6.45, 7) is 3.75. The van der Waals surface area contributed by atoms with Crippen LogP contribution in [0.2, 0.25) is 0 Å². The van der Waals surface area contributed by atoms with Gasteiger partial charge in [-0.25, -0.2) is 8.78 Å². The second kappa shape index (κ2) is 10.4. The lowest BCUT2D eigenvalue weighted by Gasteiger charge is -2.38. The topological polar surface area (TPSA) is 82.0 Å². The van der Waals surface area contributed by atoms with E-state index in [4.69, 9.17) is 11.2 Å². The molecule has 3 aromatic carbocycles. The molecule has 1 atom stereocenters. The maximum atomic E-state index is 16.7. The van der Waals surface area contributed by atoms with Crippen LogP contribution in [0.5, 0.6) is 11.8 Å². The van der Waals surface area contributed by atoms with Gasteiger partial charge in [0.15, 0.2) is 5.82 Å². The number of aromatic nitrogens is 2. The molecule has 0 unspecified atom stereocenters. The zero-order chi connectivity index (χ0) is 29.8. The number of ether oxygens (including phenoxy) is 1. The zero-order valence-electron chi connectivity index (χ0n) is 24.0. The van der Waals surface area contributed by atoms with Gasteiger partial charge in [0.05, 0.1) is 17.8 Å². The Morgan fingerprint density at radius 2 is 1.93 bits per heavy atom. The summed E-state index contributed by atoms with van der Waals surface area (Å²) in [6, 6.07) is 9.19. The van der Waals surface area contributed by atoms with Crippen LogP contribution in [0.4, 0.5) is 14.6 Å². The average molecular weight is 573 g/mol. The Morgan fingerprint density at radius 3 is 2.62 bits per heavy atom. The Kier molecular flexibility index (Phi) is 6.95. The van der Waals surface area contributed by atoms with E-state index in [-0.39, 0.29) is 45.7 Å². The predicted molar refractivity (Wildman–Crippen MR) is 160 cm³/mol. The second-order valence-corrected chi connectivity index (χ2v) is 12.4. The molecule has 1 aliphatic carbocycles. The molecule has 0 bridgehead atoms. The number of fused-ring (bicyclic) bond motifs is 2. The van der Waals surface area contributed by atoms with Crippen molar-refractivity contribution in [3.8, 4) is 35.2 Å².